The van der Waals surface area contributed by atoms with Crippen molar-refractivity contribution in [2.24, 2.45) is 5.92 Å². The Bertz CT molecular complexity index is 1290. The van der Waals surface area contributed by atoms with Crippen molar-refractivity contribution in [2.75, 3.05) is 32.6 Å². The van der Waals surface area contributed by atoms with Crippen molar-refractivity contribution in [3.8, 4) is 5.75 Å². The molecule has 35 heavy (non-hydrogen) atoms. The fourth-order valence-electron chi connectivity index (χ4n) is 4.66. The third kappa shape index (κ3) is 4.10. The molecular formula is C23H27F2N3O6S. The smallest absolute Gasteiger partial charge is 0.281 e. The van der Waals surface area contributed by atoms with Gasteiger partial charge in [-0.1, -0.05) is 5.16 Å². The number of likely N-dealkylation sites (tertiary alicyclic amines) is 1. The van der Waals surface area contributed by atoms with Gasteiger partial charge in [-0.2, -0.15) is 4.98 Å². The highest BCUT2D eigenvalue weighted by Gasteiger charge is 2.65. The first-order valence-electron chi connectivity index (χ1n) is 11.3. The molecule has 3 atom stereocenters. The van der Waals surface area contributed by atoms with Crippen molar-refractivity contribution in [1.29, 1.82) is 0 Å². The molecule has 9 nitrogen and oxygen atoms in total. The quantitative estimate of drug-likeness (QED) is 0.558. The Hall–Kier alpha value is -2.60. The summed E-state index contributed by atoms with van der Waals surface area (Å²) in [5.74, 6) is -2.56. The van der Waals surface area contributed by atoms with Gasteiger partial charge in [0.15, 0.2) is 21.8 Å². The van der Waals surface area contributed by atoms with Crippen molar-refractivity contribution in [2.45, 2.75) is 54.9 Å². The van der Waals surface area contributed by atoms with Gasteiger partial charge in [-0.25, -0.2) is 17.2 Å². The summed E-state index contributed by atoms with van der Waals surface area (Å²) in [4.78, 5) is 19.6. The van der Waals surface area contributed by atoms with Crippen LogP contribution in [0.2, 0.25) is 0 Å². The molecule has 3 aliphatic rings. The van der Waals surface area contributed by atoms with Gasteiger partial charge in [0.1, 0.15) is 5.75 Å². The monoisotopic (exact) mass is 511 g/mol. The van der Waals surface area contributed by atoms with E-state index in [1.165, 1.54) is 25.1 Å². The van der Waals surface area contributed by atoms with E-state index in [-0.39, 0.29) is 27.5 Å². The van der Waals surface area contributed by atoms with E-state index in [0.717, 1.165) is 19.6 Å². The molecule has 0 radical (unpaired) electrons. The molecule has 1 aromatic heterocycles. The third-order valence-electron chi connectivity index (χ3n) is 7.29. The Morgan fingerprint density at radius 2 is 2.06 bits per heavy atom. The van der Waals surface area contributed by atoms with Gasteiger partial charge in [0, 0.05) is 26.3 Å². The number of rotatable bonds is 7. The number of hydrogen-bond donors (Lipinski definition) is 0. The largest absolute Gasteiger partial charge is 0.484 e. The highest BCUT2D eigenvalue weighted by Crippen LogP contribution is 2.58. The van der Waals surface area contributed by atoms with Crippen LogP contribution in [0.3, 0.4) is 0 Å². The Balaban J connectivity index is 1.41. The minimum atomic E-state index is -3.64. The lowest BCUT2D eigenvalue weighted by Crippen LogP contribution is -2.44. The maximum absolute atomic E-state index is 13.8. The maximum Gasteiger partial charge on any atom is 0.281 e. The molecular weight excluding hydrogens is 484 g/mol. The first-order valence-corrected chi connectivity index (χ1v) is 13.2. The SMILES string of the molecule is C[C@H](Oc1ccc(S(C)(=O)=O)cc1C(=O)N1CC2CC2(c2noc(C3(C)COC3)n2)C1)C(C)(F)F. The van der Waals surface area contributed by atoms with Gasteiger partial charge >= 0.3 is 0 Å². The normalized spacial score (nSPS) is 26.1. The second-order valence-electron chi connectivity index (χ2n) is 10.4. The minimum Gasteiger partial charge on any atom is -0.484 e. The van der Waals surface area contributed by atoms with Gasteiger partial charge in [-0.15, -0.1) is 0 Å². The fraction of sp³-hybridized carbons (Fsp3) is 0.609. The number of carbonyl (C=O) groups excluding carboxylic acids is 1. The molecule has 1 aliphatic carbocycles. The number of alkyl halides is 2. The summed E-state index contributed by atoms with van der Waals surface area (Å²) in [5, 5.41) is 4.19. The van der Waals surface area contributed by atoms with Crippen LogP contribution in [0.15, 0.2) is 27.6 Å². The maximum atomic E-state index is 13.8. The average molecular weight is 512 g/mol. The number of benzene rings is 1. The van der Waals surface area contributed by atoms with E-state index < -0.39 is 33.2 Å². The van der Waals surface area contributed by atoms with E-state index in [9.17, 15) is 22.0 Å². The predicted molar refractivity (Wildman–Crippen MR) is 118 cm³/mol. The molecule has 1 saturated carbocycles. The Morgan fingerprint density at radius 3 is 2.66 bits per heavy atom. The zero-order valence-corrected chi connectivity index (χ0v) is 20.7. The average Bonchev–Trinajstić information content (AvgIpc) is 3.11. The first kappa shape index (κ1) is 24.1. The van der Waals surface area contributed by atoms with Gasteiger partial charge in [0.2, 0.25) is 5.89 Å². The van der Waals surface area contributed by atoms with Gasteiger partial charge in [0.05, 0.1) is 34.5 Å². The molecule has 1 amide bonds. The summed E-state index contributed by atoms with van der Waals surface area (Å²) in [6.07, 6.45) is 0.294. The van der Waals surface area contributed by atoms with E-state index in [2.05, 4.69) is 10.1 Å². The molecule has 0 N–H and O–H groups in total. The second-order valence-corrected chi connectivity index (χ2v) is 12.4. The number of carbonyl (C=O) groups is 1. The van der Waals surface area contributed by atoms with Crippen molar-refractivity contribution >= 4 is 15.7 Å². The van der Waals surface area contributed by atoms with Gasteiger partial charge in [0.25, 0.3) is 11.8 Å². The van der Waals surface area contributed by atoms with E-state index in [4.69, 9.17) is 14.0 Å². The second kappa shape index (κ2) is 7.70. The van der Waals surface area contributed by atoms with Crippen molar-refractivity contribution < 1.29 is 36.0 Å². The Morgan fingerprint density at radius 1 is 1.34 bits per heavy atom. The Kier molecular flexibility index (Phi) is 5.30. The lowest BCUT2D eigenvalue weighted by molar-refractivity contribution is -0.0720. The van der Waals surface area contributed by atoms with E-state index in [1.54, 1.807) is 4.90 Å². The molecule has 190 valence electrons. The molecule has 5 rings (SSSR count). The zero-order valence-electron chi connectivity index (χ0n) is 19.9. The number of nitrogens with zero attached hydrogens (tertiary/aromatic N) is 3. The van der Waals surface area contributed by atoms with E-state index >= 15 is 0 Å². The standard InChI is InChI=1S/C23H27F2N3O6S/c1-13(22(3,24)25)33-17-6-5-15(35(4,30)31)7-16(17)18(29)28-9-14-8-23(14,10-28)19-26-20(34-27-19)21(2)11-32-12-21/h5-7,13-14H,8-12H2,1-4H3/t13-,14?,23?/m0/s1. The summed E-state index contributed by atoms with van der Waals surface area (Å²) in [6, 6.07) is 3.69. The summed E-state index contributed by atoms with van der Waals surface area (Å²) in [7, 11) is -3.64. The highest BCUT2D eigenvalue weighted by atomic mass is 32.2. The first-order chi connectivity index (χ1) is 16.2. The van der Waals surface area contributed by atoms with Gasteiger partial charge < -0.3 is 18.9 Å². The molecule has 3 heterocycles. The van der Waals surface area contributed by atoms with Crippen LogP contribution in [-0.2, 0) is 25.4 Å². The fourth-order valence-corrected chi connectivity index (χ4v) is 5.31. The molecule has 2 unspecified atom stereocenters. The van der Waals surface area contributed by atoms with E-state index in [0.29, 0.717) is 38.0 Å². The number of hydrogen-bond acceptors (Lipinski definition) is 8. The van der Waals surface area contributed by atoms with Crippen LogP contribution in [0.1, 0.15) is 49.3 Å². The Labute approximate surface area is 201 Å². The van der Waals surface area contributed by atoms with Crippen molar-refractivity contribution in [1.82, 2.24) is 15.0 Å². The third-order valence-corrected chi connectivity index (χ3v) is 8.40. The summed E-state index contributed by atoms with van der Waals surface area (Å²) in [5.41, 5.74) is -0.817. The summed E-state index contributed by atoms with van der Waals surface area (Å²) in [6.45, 7) is 5.62. The van der Waals surface area contributed by atoms with Crippen LogP contribution in [-0.4, -0.2) is 74.0 Å². The van der Waals surface area contributed by atoms with Crippen molar-refractivity contribution in [3.05, 3.63) is 35.5 Å². The minimum absolute atomic E-state index is 0.0756. The van der Waals surface area contributed by atoms with Crippen LogP contribution < -0.4 is 4.74 Å². The van der Waals surface area contributed by atoms with Crippen LogP contribution in [0.4, 0.5) is 8.78 Å². The van der Waals surface area contributed by atoms with Crippen LogP contribution in [0.5, 0.6) is 5.75 Å². The molecule has 0 bridgehead atoms. The lowest BCUT2D eigenvalue weighted by Gasteiger charge is -2.34. The lowest BCUT2D eigenvalue weighted by atomic mass is 9.88. The number of ether oxygens (including phenoxy) is 2. The predicted octanol–water partition coefficient (Wildman–Crippen LogP) is 2.60. The van der Waals surface area contributed by atoms with Crippen LogP contribution >= 0.6 is 0 Å². The van der Waals surface area contributed by atoms with Crippen molar-refractivity contribution in [3.63, 3.8) is 0 Å². The molecule has 12 heteroatoms. The summed E-state index contributed by atoms with van der Waals surface area (Å²) < 4.78 is 67.9. The number of amides is 1. The van der Waals surface area contributed by atoms with Crippen LogP contribution in [0.25, 0.3) is 0 Å². The molecule has 2 saturated heterocycles. The molecule has 2 aliphatic heterocycles. The summed E-state index contributed by atoms with van der Waals surface area (Å²) >= 11 is 0. The van der Waals surface area contributed by atoms with Crippen LogP contribution in [0, 0.1) is 5.92 Å². The number of fused-ring (bicyclic) bond motifs is 1. The van der Waals surface area contributed by atoms with Gasteiger partial charge in [-0.05, 0) is 44.4 Å². The zero-order chi connectivity index (χ0) is 25.4. The van der Waals surface area contributed by atoms with E-state index in [1.807, 2.05) is 6.92 Å². The molecule has 2 aromatic rings. The topological polar surface area (TPSA) is 112 Å². The molecule has 0 spiro atoms. The number of sulfone groups is 1. The number of piperidine rings is 1. The van der Waals surface area contributed by atoms with Gasteiger partial charge in [-0.3, -0.25) is 4.79 Å². The number of halogens is 2. The highest BCUT2D eigenvalue weighted by molar-refractivity contribution is 7.90. The molecule has 3 fully saturated rings. The number of aromatic nitrogens is 2. The molecule has 1 aromatic carbocycles.